The van der Waals surface area contributed by atoms with Crippen LogP contribution in [0, 0.1) is 5.82 Å². The number of ether oxygens (including phenoxy) is 1. The van der Waals surface area contributed by atoms with Gasteiger partial charge in [-0.25, -0.2) is 4.39 Å². The third kappa shape index (κ3) is 5.02. The minimum Gasteiger partial charge on any atom is -0.374 e. The highest BCUT2D eigenvalue weighted by molar-refractivity contribution is 9.10. The highest BCUT2D eigenvalue weighted by Crippen LogP contribution is 2.21. The maximum Gasteiger partial charge on any atom is 0.124 e. The second-order valence-corrected chi connectivity index (χ2v) is 6.53. The van der Waals surface area contributed by atoms with E-state index in [4.69, 9.17) is 4.74 Å². The summed E-state index contributed by atoms with van der Waals surface area (Å²) in [6, 6.07) is 5.15. The fourth-order valence-electron chi connectivity index (χ4n) is 2.64. The van der Waals surface area contributed by atoms with E-state index in [0.717, 1.165) is 49.1 Å². The van der Waals surface area contributed by atoms with Gasteiger partial charge >= 0.3 is 0 Å². The van der Waals surface area contributed by atoms with Crippen LogP contribution in [0.4, 0.5) is 4.39 Å². The van der Waals surface area contributed by atoms with Crippen molar-refractivity contribution in [3.05, 3.63) is 34.1 Å². The lowest BCUT2D eigenvalue weighted by Crippen LogP contribution is -2.52. The standard InChI is InChI=1S/C16H24BrFN2O/c1-3-6-19-15(16-11-20(2)7-8-21-16)9-12-4-5-13(18)10-14(12)17/h4-5,10,15-16,19H,3,6-9,11H2,1-2H3. The van der Waals surface area contributed by atoms with Gasteiger partial charge in [0.1, 0.15) is 5.82 Å². The van der Waals surface area contributed by atoms with Gasteiger partial charge in [-0.15, -0.1) is 0 Å². The van der Waals surface area contributed by atoms with Crippen LogP contribution in [0.3, 0.4) is 0 Å². The maximum atomic E-state index is 13.2. The van der Waals surface area contributed by atoms with Gasteiger partial charge in [-0.3, -0.25) is 0 Å². The normalized spacial score (nSPS) is 21.4. The summed E-state index contributed by atoms with van der Waals surface area (Å²) in [4.78, 5) is 2.30. The summed E-state index contributed by atoms with van der Waals surface area (Å²) in [6.45, 7) is 5.81. The Bertz CT molecular complexity index is 458. The summed E-state index contributed by atoms with van der Waals surface area (Å²) in [5.41, 5.74) is 1.11. The van der Waals surface area contributed by atoms with Crippen molar-refractivity contribution in [2.45, 2.75) is 31.9 Å². The van der Waals surface area contributed by atoms with Crippen molar-refractivity contribution in [3.63, 3.8) is 0 Å². The van der Waals surface area contributed by atoms with E-state index in [0.29, 0.717) is 0 Å². The van der Waals surface area contributed by atoms with Crippen molar-refractivity contribution < 1.29 is 9.13 Å². The number of rotatable bonds is 6. The first-order chi connectivity index (χ1) is 10.1. The van der Waals surface area contributed by atoms with Gasteiger partial charge in [0.2, 0.25) is 0 Å². The molecule has 1 heterocycles. The SMILES string of the molecule is CCCNC(Cc1ccc(F)cc1Br)C1CN(C)CCO1. The van der Waals surface area contributed by atoms with Gasteiger partial charge in [0, 0.05) is 23.6 Å². The predicted octanol–water partition coefficient (Wildman–Crippen LogP) is 2.83. The van der Waals surface area contributed by atoms with Crippen molar-refractivity contribution in [1.82, 2.24) is 10.2 Å². The van der Waals surface area contributed by atoms with E-state index in [9.17, 15) is 4.39 Å². The Hall–Kier alpha value is -0.490. The lowest BCUT2D eigenvalue weighted by Gasteiger charge is -2.36. The molecule has 1 aliphatic rings. The van der Waals surface area contributed by atoms with Crippen LogP contribution in [0.1, 0.15) is 18.9 Å². The van der Waals surface area contributed by atoms with Crippen LogP contribution in [-0.4, -0.2) is 50.3 Å². The van der Waals surface area contributed by atoms with Crippen molar-refractivity contribution >= 4 is 15.9 Å². The molecular formula is C16H24BrFN2O. The van der Waals surface area contributed by atoms with Gasteiger partial charge < -0.3 is 15.0 Å². The second kappa shape index (κ2) is 8.22. The number of morpholine rings is 1. The van der Waals surface area contributed by atoms with Crippen LogP contribution in [0.2, 0.25) is 0 Å². The van der Waals surface area contributed by atoms with E-state index >= 15 is 0 Å². The van der Waals surface area contributed by atoms with Gasteiger partial charge in [-0.2, -0.15) is 0 Å². The van der Waals surface area contributed by atoms with Gasteiger partial charge in [0.15, 0.2) is 0 Å². The molecule has 3 nitrogen and oxygen atoms in total. The Labute approximate surface area is 135 Å². The smallest absolute Gasteiger partial charge is 0.124 e. The van der Waals surface area contributed by atoms with Gasteiger partial charge in [-0.05, 0) is 44.1 Å². The Morgan fingerprint density at radius 1 is 1.52 bits per heavy atom. The molecule has 1 aromatic rings. The fraction of sp³-hybridized carbons (Fsp3) is 0.625. The van der Waals surface area contributed by atoms with E-state index in [1.54, 1.807) is 0 Å². The molecule has 0 radical (unpaired) electrons. The quantitative estimate of drug-likeness (QED) is 0.846. The minimum atomic E-state index is -0.211. The molecule has 1 fully saturated rings. The Morgan fingerprint density at radius 2 is 2.33 bits per heavy atom. The molecule has 0 aliphatic carbocycles. The topological polar surface area (TPSA) is 24.5 Å². The van der Waals surface area contributed by atoms with Crippen LogP contribution in [-0.2, 0) is 11.2 Å². The highest BCUT2D eigenvalue weighted by atomic mass is 79.9. The Kier molecular flexibility index (Phi) is 6.61. The summed E-state index contributed by atoms with van der Waals surface area (Å²) < 4.78 is 20.0. The number of likely N-dealkylation sites (N-methyl/N-ethyl adjacent to an activating group) is 1. The molecule has 1 aliphatic heterocycles. The fourth-order valence-corrected chi connectivity index (χ4v) is 3.16. The van der Waals surface area contributed by atoms with Crippen molar-refractivity contribution in [3.8, 4) is 0 Å². The molecule has 118 valence electrons. The van der Waals surface area contributed by atoms with Crippen molar-refractivity contribution in [2.75, 3.05) is 33.3 Å². The van der Waals surface area contributed by atoms with E-state index in [1.807, 2.05) is 6.07 Å². The maximum absolute atomic E-state index is 13.2. The zero-order chi connectivity index (χ0) is 15.2. The Balaban J connectivity index is 2.07. The first kappa shape index (κ1) is 16.9. The Morgan fingerprint density at radius 3 is 3.00 bits per heavy atom. The van der Waals surface area contributed by atoms with Gasteiger partial charge in [0.05, 0.1) is 12.7 Å². The van der Waals surface area contributed by atoms with Crippen LogP contribution < -0.4 is 5.32 Å². The summed E-state index contributed by atoms with van der Waals surface area (Å²) >= 11 is 3.46. The minimum absolute atomic E-state index is 0.173. The number of benzene rings is 1. The van der Waals surface area contributed by atoms with E-state index < -0.39 is 0 Å². The van der Waals surface area contributed by atoms with Gasteiger partial charge in [0.25, 0.3) is 0 Å². The van der Waals surface area contributed by atoms with Crippen molar-refractivity contribution in [2.24, 2.45) is 0 Å². The predicted molar refractivity (Wildman–Crippen MR) is 87.1 cm³/mol. The number of hydrogen-bond acceptors (Lipinski definition) is 3. The molecule has 0 saturated carbocycles. The van der Waals surface area contributed by atoms with Crippen molar-refractivity contribution in [1.29, 1.82) is 0 Å². The van der Waals surface area contributed by atoms with E-state index in [2.05, 4.69) is 40.1 Å². The molecule has 1 N–H and O–H groups in total. The van der Waals surface area contributed by atoms with E-state index in [-0.39, 0.29) is 18.0 Å². The first-order valence-electron chi connectivity index (χ1n) is 7.57. The molecule has 2 rings (SSSR count). The third-order valence-corrected chi connectivity index (χ3v) is 4.60. The zero-order valence-electron chi connectivity index (χ0n) is 12.7. The summed E-state index contributed by atoms with van der Waals surface area (Å²) in [6.07, 6.45) is 2.09. The molecule has 1 saturated heterocycles. The molecule has 2 unspecified atom stereocenters. The number of nitrogens with zero attached hydrogens (tertiary/aromatic N) is 1. The molecule has 0 aromatic heterocycles. The molecular weight excluding hydrogens is 335 g/mol. The second-order valence-electron chi connectivity index (χ2n) is 5.67. The largest absolute Gasteiger partial charge is 0.374 e. The summed E-state index contributed by atoms with van der Waals surface area (Å²) in [7, 11) is 2.13. The summed E-state index contributed by atoms with van der Waals surface area (Å²) in [5.74, 6) is -0.211. The lowest BCUT2D eigenvalue weighted by molar-refractivity contribution is -0.0384. The van der Waals surface area contributed by atoms with Crippen LogP contribution in [0.25, 0.3) is 0 Å². The lowest BCUT2D eigenvalue weighted by atomic mass is 9.99. The molecule has 0 spiro atoms. The average Bonchev–Trinajstić information content (AvgIpc) is 2.45. The third-order valence-electron chi connectivity index (χ3n) is 3.86. The highest BCUT2D eigenvalue weighted by Gasteiger charge is 2.27. The molecule has 21 heavy (non-hydrogen) atoms. The van der Waals surface area contributed by atoms with E-state index in [1.165, 1.54) is 12.1 Å². The van der Waals surface area contributed by atoms with Crippen LogP contribution in [0.5, 0.6) is 0 Å². The first-order valence-corrected chi connectivity index (χ1v) is 8.37. The average molecular weight is 359 g/mol. The van der Waals surface area contributed by atoms with Crippen LogP contribution >= 0.6 is 15.9 Å². The molecule has 5 heteroatoms. The number of nitrogens with one attached hydrogen (secondary N) is 1. The monoisotopic (exact) mass is 358 g/mol. The van der Waals surface area contributed by atoms with Gasteiger partial charge in [-0.1, -0.05) is 28.9 Å². The molecule has 1 aromatic carbocycles. The van der Waals surface area contributed by atoms with Crippen LogP contribution in [0.15, 0.2) is 22.7 Å². The number of halogens is 2. The molecule has 0 amide bonds. The molecule has 0 bridgehead atoms. The molecule has 2 atom stereocenters. The summed E-state index contributed by atoms with van der Waals surface area (Å²) in [5, 5.41) is 3.58. The number of hydrogen-bond donors (Lipinski definition) is 1. The zero-order valence-corrected chi connectivity index (χ0v) is 14.3.